The Labute approximate surface area is 115 Å². The van der Waals surface area contributed by atoms with Gasteiger partial charge < -0.3 is 10.6 Å². The van der Waals surface area contributed by atoms with E-state index in [9.17, 15) is 14.9 Å². The summed E-state index contributed by atoms with van der Waals surface area (Å²) in [5.41, 5.74) is 0.360. The molecule has 0 spiro atoms. The first kappa shape index (κ1) is 13.8. The number of hydrogen-bond donors (Lipinski definition) is 2. The van der Waals surface area contributed by atoms with Crippen LogP contribution in [0, 0.1) is 27.4 Å². The Bertz CT molecular complexity index is 575. The largest absolute Gasteiger partial charge is 0.383 e. The van der Waals surface area contributed by atoms with Crippen molar-refractivity contribution in [2.75, 3.05) is 18.4 Å². The Balaban J connectivity index is 1.86. The molecule has 0 saturated heterocycles. The van der Waals surface area contributed by atoms with Crippen LogP contribution in [0.15, 0.2) is 18.2 Å². The number of amides is 1. The lowest BCUT2D eigenvalue weighted by Gasteiger charge is -2.07. The van der Waals surface area contributed by atoms with Crippen LogP contribution in [0.1, 0.15) is 18.4 Å². The average Bonchev–Trinajstić information content (AvgIpc) is 3.27. The number of nitriles is 1. The van der Waals surface area contributed by atoms with Gasteiger partial charge >= 0.3 is 0 Å². The number of carbonyl (C=O) groups excluding carboxylic acids is 1. The lowest BCUT2D eigenvalue weighted by molar-refractivity contribution is -0.385. The van der Waals surface area contributed by atoms with Gasteiger partial charge in [0.25, 0.3) is 5.69 Å². The number of nitrogens with one attached hydrogen (secondary N) is 2. The van der Waals surface area contributed by atoms with E-state index in [1.165, 1.54) is 12.1 Å². The molecule has 1 saturated carbocycles. The maximum absolute atomic E-state index is 11.4. The Morgan fingerprint density at radius 3 is 2.80 bits per heavy atom. The zero-order chi connectivity index (χ0) is 14.5. The molecule has 104 valence electrons. The van der Waals surface area contributed by atoms with Gasteiger partial charge in [-0.15, -0.1) is 0 Å². The van der Waals surface area contributed by atoms with E-state index in [0.717, 1.165) is 12.8 Å². The molecule has 1 amide bonds. The third kappa shape index (κ3) is 3.45. The third-order valence-corrected chi connectivity index (χ3v) is 3.02. The second-order valence-electron chi connectivity index (χ2n) is 4.59. The van der Waals surface area contributed by atoms with Crippen molar-refractivity contribution in [3.63, 3.8) is 0 Å². The van der Waals surface area contributed by atoms with Crippen LogP contribution >= 0.6 is 0 Å². The third-order valence-electron chi connectivity index (χ3n) is 3.02. The minimum atomic E-state index is -0.585. The summed E-state index contributed by atoms with van der Waals surface area (Å²) in [6.07, 6.45) is 1.92. The van der Waals surface area contributed by atoms with E-state index < -0.39 is 4.92 Å². The monoisotopic (exact) mass is 274 g/mol. The van der Waals surface area contributed by atoms with Gasteiger partial charge in [0, 0.05) is 30.8 Å². The minimum absolute atomic E-state index is 0.0302. The maximum Gasteiger partial charge on any atom is 0.289 e. The van der Waals surface area contributed by atoms with E-state index >= 15 is 0 Å². The predicted octanol–water partition coefficient (Wildman–Crippen LogP) is 1.40. The molecular formula is C13H14N4O3. The number of carbonyl (C=O) groups is 1. The van der Waals surface area contributed by atoms with E-state index in [1.807, 2.05) is 0 Å². The van der Waals surface area contributed by atoms with Crippen molar-refractivity contribution in [2.45, 2.75) is 12.8 Å². The molecule has 0 unspecified atom stereocenters. The van der Waals surface area contributed by atoms with Crippen molar-refractivity contribution in [1.82, 2.24) is 5.32 Å². The van der Waals surface area contributed by atoms with E-state index in [0.29, 0.717) is 18.8 Å². The van der Waals surface area contributed by atoms with Crippen molar-refractivity contribution in [1.29, 1.82) is 5.26 Å². The molecule has 20 heavy (non-hydrogen) atoms. The molecule has 0 radical (unpaired) electrons. The number of rotatable bonds is 6. The van der Waals surface area contributed by atoms with Crippen LogP contribution in [0.4, 0.5) is 11.4 Å². The van der Waals surface area contributed by atoms with Crippen molar-refractivity contribution in [3.05, 3.63) is 33.9 Å². The summed E-state index contributed by atoms with van der Waals surface area (Å²) in [5, 5.41) is 25.3. The number of nitro benzene ring substituents is 1. The lowest BCUT2D eigenvalue weighted by atomic mass is 10.2. The fraction of sp³-hybridized carbons (Fsp3) is 0.385. The van der Waals surface area contributed by atoms with Crippen LogP contribution in [-0.2, 0) is 4.79 Å². The molecule has 1 aliphatic rings. The molecule has 1 fully saturated rings. The Kier molecular flexibility index (Phi) is 4.15. The highest BCUT2D eigenvalue weighted by atomic mass is 16.6. The molecule has 1 aliphatic carbocycles. The molecule has 0 aromatic heterocycles. The van der Waals surface area contributed by atoms with Gasteiger partial charge in [-0.2, -0.15) is 5.26 Å². The SMILES string of the molecule is N#Cc1ccc(NCCNC(=O)C2CC2)cc1[N+](=O)[O-]. The second kappa shape index (κ2) is 6.02. The summed E-state index contributed by atoms with van der Waals surface area (Å²) in [5.74, 6) is 0.239. The molecule has 7 heteroatoms. The molecule has 0 atom stereocenters. The smallest absolute Gasteiger partial charge is 0.289 e. The lowest BCUT2D eigenvalue weighted by Crippen LogP contribution is -2.29. The summed E-state index contributed by atoms with van der Waals surface area (Å²) in [6, 6.07) is 6.11. The number of benzene rings is 1. The Hall–Kier alpha value is -2.62. The molecule has 7 nitrogen and oxygen atoms in total. The van der Waals surface area contributed by atoms with E-state index in [4.69, 9.17) is 5.26 Å². The first-order chi connectivity index (χ1) is 9.61. The standard InChI is InChI=1S/C13H14N4O3/c14-8-10-3-4-11(7-12(10)17(19)20)15-5-6-16-13(18)9-1-2-9/h3-4,7,9,15H,1-2,5-6H2,(H,16,18). The molecular weight excluding hydrogens is 260 g/mol. The summed E-state index contributed by atoms with van der Waals surface area (Å²) in [7, 11) is 0. The van der Waals surface area contributed by atoms with Gasteiger partial charge in [-0.3, -0.25) is 14.9 Å². The Morgan fingerprint density at radius 2 is 2.20 bits per heavy atom. The van der Waals surface area contributed by atoms with Gasteiger partial charge in [-0.25, -0.2) is 0 Å². The van der Waals surface area contributed by atoms with E-state index in [-0.39, 0.29) is 23.1 Å². The highest BCUT2D eigenvalue weighted by Crippen LogP contribution is 2.28. The molecule has 0 heterocycles. The topological polar surface area (TPSA) is 108 Å². The molecule has 0 aliphatic heterocycles. The quantitative estimate of drug-likeness (QED) is 0.463. The fourth-order valence-corrected chi connectivity index (χ4v) is 1.77. The summed E-state index contributed by atoms with van der Waals surface area (Å²) in [4.78, 5) is 21.6. The summed E-state index contributed by atoms with van der Waals surface area (Å²) < 4.78 is 0. The molecule has 0 bridgehead atoms. The van der Waals surface area contributed by atoms with Crippen LogP contribution in [0.25, 0.3) is 0 Å². The number of nitrogens with zero attached hydrogens (tertiary/aromatic N) is 2. The Morgan fingerprint density at radius 1 is 1.45 bits per heavy atom. The van der Waals surface area contributed by atoms with Crippen molar-refractivity contribution >= 4 is 17.3 Å². The van der Waals surface area contributed by atoms with Gasteiger partial charge in [-0.1, -0.05) is 0 Å². The van der Waals surface area contributed by atoms with Gasteiger partial charge in [0.15, 0.2) is 0 Å². The van der Waals surface area contributed by atoms with Crippen LogP contribution in [0.2, 0.25) is 0 Å². The van der Waals surface area contributed by atoms with Gasteiger partial charge in [0.1, 0.15) is 11.6 Å². The van der Waals surface area contributed by atoms with Crippen LogP contribution in [0.5, 0.6) is 0 Å². The molecule has 2 rings (SSSR count). The van der Waals surface area contributed by atoms with Crippen LogP contribution < -0.4 is 10.6 Å². The highest BCUT2D eigenvalue weighted by molar-refractivity contribution is 5.80. The van der Waals surface area contributed by atoms with E-state index in [1.54, 1.807) is 12.1 Å². The van der Waals surface area contributed by atoms with E-state index in [2.05, 4.69) is 10.6 Å². The average molecular weight is 274 g/mol. The van der Waals surface area contributed by atoms with Crippen LogP contribution in [-0.4, -0.2) is 23.9 Å². The van der Waals surface area contributed by atoms with Gasteiger partial charge in [0.05, 0.1) is 4.92 Å². The molecule has 1 aromatic carbocycles. The fourth-order valence-electron chi connectivity index (χ4n) is 1.77. The summed E-state index contributed by atoms with van der Waals surface area (Å²) >= 11 is 0. The molecule has 2 N–H and O–H groups in total. The second-order valence-corrected chi connectivity index (χ2v) is 4.59. The van der Waals surface area contributed by atoms with Crippen molar-refractivity contribution < 1.29 is 9.72 Å². The van der Waals surface area contributed by atoms with Crippen molar-refractivity contribution in [2.24, 2.45) is 5.92 Å². The first-order valence-electron chi connectivity index (χ1n) is 6.32. The van der Waals surface area contributed by atoms with Crippen LogP contribution in [0.3, 0.4) is 0 Å². The zero-order valence-corrected chi connectivity index (χ0v) is 10.8. The molecule has 1 aromatic rings. The number of nitro groups is 1. The normalized spacial score (nSPS) is 13.3. The maximum atomic E-state index is 11.4. The van der Waals surface area contributed by atoms with Gasteiger partial charge in [0.2, 0.25) is 5.91 Å². The number of anilines is 1. The van der Waals surface area contributed by atoms with Gasteiger partial charge in [-0.05, 0) is 25.0 Å². The summed E-state index contributed by atoms with van der Waals surface area (Å²) in [6.45, 7) is 0.935. The highest BCUT2D eigenvalue weighted by Gasteiger charge is 2.28. The zero-order valence-electron chi connectivity index (χ0n) is 10.8. The number of hydrogen-bond acceptors (Lipinski definition) is 5. The predicted molar refractivity (Wildman–Crippen MR) is 72.0 cm³/mol. The first-order valence-corrected chi connectivity index (χ1v) is 6.32. The van der Waals surface area contributed by atoms with Crippen molar-refractivity contribution in [3.8, 4) is 6.07 Å². The minimum Gasteiger partial charge on any atom is -0.383 e.